The van der Waals surface area contributed by atoms with Crippen LogP contribution in [-0.2, 0) is 16.1 Å². The number of ether oxygens (including phenoxy) is 1. The zero-order valence-corrected chi connectivity index (χ0v) is 16.0. The van der Waals surface area contributed by atoms with Crippen LogP contribution >= 0.6 is 23.2 Å². The molecule has 1 heterocycles. The summed E-state index contributed by atoms with van der Waals surface area (Å²) in [6.45, 7) is 1.57. The smallest absolute Gasteiger partial charge is 0.325 e. The van der Waals surface area contributed by atoms with Crippen LogP contribution < -0.4 is 5.32 Å². The van der Waals surface area contributed by atoms with Crippen molar-refractivity contribution in [3.63, 3.8) is 0 Å². The third-order valence-electron chi connectivity index (χ3n) is 4.02. The molecule has 0 fully saturated rings. The second kappa shape index (κ2) is 8.37. The minimum atomic E-state index is -0.582. The third-order valence-corrected chi connectivity index (χ3v) is 4.77. The number of aryl methyl sites for hydroxylation is 1. The van der Waals surface area contributed by atoms with E-state index in [9.17, 15) is 9.59 Å². The molecule has 3 rings (SSSR count). The Bertz CT molecular complexity index is 1000. The minimum absolute atomic E-state index is 0.0693. The molecule has 0 aliphatic carbocycles. The van der Waals surface area contributed by atoms with Crippen LogP contribution in [-0.4, -0.2) is 23.4 Å². The van der Waals surface area contributed by atoms with E-state index in [1.54, 1.807) is 24.3 Å². The van der Waals surface area contributed by atoms with Crippen molar-refractivity contribution in [3.8, 4) is 0 Å². The fraction of sp³-hybridized carbons (Fsp3) is 0.150. The molecule has 0 unspecified atom stereocenters. The van der Waals surface area contributed by atoms with Gasteiger partial charge >= 0.3 is 5.97 Å². The van der Waals surface area contributed by atoms with Crippen molar-refractivity contribution in [2.75, 3.05) is 6.54 Å². The lowest BCUT2D eigenvalue weighted by atomic mass is 10.1. The molecule has 0 saturated carbocycles. The van der Waals surface area contributed by atoms with E-state index in [0.29, 0.717) is 21.3 Å². The fourth-order valence-corrected chi connectivity index (χ4v) is 2.89. The molecule has 0 radical (unpaired) electrons. The summed E-state index contributed by atoms with van der Waals surface area (Å²) in [6, 6.07) is 14.0. The number of aromatic nitrogens is 1. The van der Waals surface area contributed by atoms with Crippen molar-refractivity contribution in [1.82, 2.24) is 10.3 Å². The Morgan fingerprint density at radius 3 is 2.52 bits per heavy atom. The van der Waals surface area contributed by atoms with Gasteiger partial charge in [0.1, 0.15) is 13.2 Å². The number of halogens is 2. The molecule has 0 saturated heterocycles. The molecule has 1 aromatic heterocycles. The van der Waals surface area contributed by atoms with Crippen LogP contribution in [0.5, 0.6) is 0 Å². The molecule has 3 aromatic rings. The highest BCUT2D eigenvalue weighted by Gasteiger charge is 2.13. The number of fused-ring (bicyclic) bond motifs is 1. The fourth-order valence-electron chi connectivity index (χ4n) is 2.57. The highest BCUT2D eigenvalue weighted by molar-refractivity contribution is 6.32. The monoisotopic (exact) mass is 402 g/mol. The van der Waals surface area contributed by atoms with Crippen molar-refractivity contribution in [2.45, 2.75) is 13.5 Å². The molecule has 2 aromatic carbocycles. The van der Waals surface area contributed by atoms with Gasteiger partial charge in [0, 0.05) is 16.0 Å². The molecule has 0 aliphatic heterocycles. The lowest BCUT2D eigenvalue weighted by Crippen LogP contribution is -2.30. The van der Waals surface area contributed by atoms with Crippen molar-refractivity contribution >= 4 is 46.0 Å². The summed E-state index contributed by atoms with van der Waals surface area (Å²) in [5.41, 5.74) is 2.54. The molecule has 5 nitrogen and oxygen atoms in total. The van der Waals surface area contributed by atoms with Crippen molar-refractivity contribution in [3.05, 3.63) is 75.4 Å². The van der Waals surface area contributed by atoms with Gasteiger partial charge in [0.05, 0.1) is 16.2 Å². The van der Waals surface area contributed by atoms with E-state index < -0.39 is 5.97 Å². The largest absolute Gasteiger partial charge is 0.458 e. The van der Waals surface area contributed by atoms with E-state index in [0.717, 1.165) is 16.5 Å². The summed E-state index contributed by atoms with van der Waals surface area (Å²) < 4.78 is 5.20. The second-order valence-corrected chi connectivity index (χ2v) is 6.68. The lowest BCUT2D eigenvalue weighted by molar-refractivity contribution is -0.143. The Kier molecular flexibility index (Phi) is 5.94. The van der Waals surface area contributed by atoms with Gasteiger partial charge in [0.25, 0.3) is 5.91 Å². The first-order valence-corrected chi connectivity index (χ1v) is 8.94. The first-order chi connectivity index (χ1) is 13.0. The first kappa shape index (κ1) is 19.1. The molecule has 0 spiro atoms. The van der Waals surface area contributed by atoms with Gasteiger partial charge in [0.15, 0.2) is 0 Å². The normalized spacial score (nSPS) is 10.6. The molecule has 138 valence electrons. The molecule has 7 heteroatoms. The minimum Gasteiger partial charge on any atom is -0.458 e. The van der Waals surface area contributed by atoms with Crippen LogP contribution in [0.15, 0.2) is 48.5 Å². The van der Waals surface area contributed by atoms with E-state index in [2.05, 4.69) is 10.3 Å². The van der Waals surface area contributed by atoms with Crippen LogP contribution in [0.25, 0.3) is 10.9 Å². The van der Waals surface area contributed by atoms with Crippen LogP contribution in [0.1, 0.15) is 21.6 Å². The standard InChI is InChI=1S/C20H16Cl2N2O3/c1-12-15-4-2-3-5-16(15)24-17(19(12)22)11-27-18(25)10-23-20(26)13-6-8-14(21)9-7-13/h2-9H,10-11H2,1H3,(H,23,26). The number of para-hydroxylation sites is 1. The summed E-state index contributed by atoms with van der Waals surface area (Å²) in [5.74, 6) is -0.970. The van der Waals surface area contributed by atoms with E-state index in [1.807, 2.05) is 31.2 Å². The average Bonchev–Trinajstić information content (AvgIpc) is 2.68. The number of benzene rings is 2. The Labute approximate surface area is 166 Å². The first-order valence-electron chi connectivity index (χ1n) is 8.19. The third kappa shape index (κ3) is 4.56. The number of amides is 1. The zero-order valence-electron chi connectivity index (χ0n) is 14.5. The zero-order chi connectivity index (χ0) is 19.4. The number of esters is 1. The molecular formula is C20H16Cl2N2O3. The van der Waals surface area contributed by atoms with Crippen molar-refractivity contribution in [1.29, 1.82) is 0 Å². The van der Waals surface area contributed by atoms with Gasteiger partial charge < -0.3 is 10.1 Å². The Hall–Kier alpha value is -2.63. The summed E-state index contributed by atoms with van der Waals surface area (Å²) in [4.78, 5) is 28.4. The van der Waals surface area contributed by atoms with Crippen LogP contribution in [0.2, 0.25) is 10.0 Å². The number of carbonyl (C=O) groups is 2. The maximum atomic E-state index is 12.0. The number of rotatable bonds is 5. The number of hydrogen-bond donors (Lipinski definition) is 1. The number of nitrogens with zero attached hydrogens (tertiary/aromatic N) is 1. The molecule has 1 amide bonds. The van der Waals surface area contributed by atoms with Gasteiger partial charge in [0.2, 0.25) is 0 Å². The van der Waals surface area contributed by atoms with Gasteiger partial charge in [-0.3, -0.25) is 9.59 Å². The molecule has 0 atom stereocenters. The Morgan fingerprint density at radius 2 is 1.78 bits per heavy atom. The second-order valence-electron chi connectivity index (χ2n) is 5.86. The lowest BCUT2D eigenvalue weighted by Gasteiger charge is -2.11. The quantitative estimate of drug-likeness (QED) is 0.645. The highest BCUT2D eigenvalue weighted by atomic mass is 35.5. The summed E-state index contributed by atoms with van der Waals surface area (Å²) >= 11 is 12.1. The molecule has 27 heavy (non-hydrogen) atoms. The van der Waals surface area contributed by atoms with E-state index in [-0.39, 0.29) is 19.1 Å². The van der Waals surface area contributed by atoms with Crippen molar-refractivity contribution < 1.29 is 14.3 Å². The predicted molar refractivity (Wildman–Crippen MR) is 105 cm³/mol. The van der Waals surface area contributed by atoms with Gasteiger partial charge in [-0.1, -0.05) is 41.4 Å². The van der Waals surface area contributed by atoms with E-state index in [4.69, 9.17) is 27.9 Å². The summed E-state index contributed by atoms with van der Waals surface area (Å²) in [6.07, 6.45) is 0. The number of hydrogen-bond acceptors (Lipinski definition) is 4. The Morgan fingerprint density at radius 1 is 1.07 bits per heavy atom. The topological polar surface area (TPSA) is 68.3 Å². The van der Waals surface area contributed by atoms with Gasteiger partial charge in [-0.05, 0) is 42.8 Å². The van der Waals surface area contributed by atoms with Crippen molar-refractivity contribution in [2.24, 2.45) is 0 Å². The SMILES string of the molecule is Cc1c(Cl)c(COC(=O)CNC(=O)c2ccc(Cl)cc2)nc2ccccc12. The number of nitrogens with one attached hydrogen (secondary N) is 1. The number of carbonyl (C=O) groups excluding carboxylic acids is 2. The molecule has 1 N–H and O–H groups in total. The molecule has 0 bridgehead atoms. The Balaban J connectivity index is 1.59. The average molecular weight is 403 g/mol. The van der Waals surface area contributed by atoms with Gasteiger partial charge in [-0.15, -0.1) is 0 Å². The molecule has 0 aliphatic rings. The maximum Gasteiger partial charge on any atom is 0.325 e. The molecular weight excluding hydrogens is 387 g/mol. The van der Waals surface area contributed by atoms with E-state index >= 15 is 0 Å². The van der Waals surface area contributed by atoms with Crippen LogP contribution in [0, 0.1) is 6.92 Å². The van der Waals surface area contributed by atoms with Gasteiger partial charge in [-0.25, -0.2) is 4.98 Å². The number of pyridine rings is 1. The van der Waals surface area contributed by atoms with Gasteiger partial charge in [-0.2, -0.15) is 0 Å². The van der Waals surface area contributed by atoms with Crippen LogP contribution in [0.3, 0.4) is 0 Å². The predicted octanol–water partition coefficient (Wildman–Crippen LogP) is 4.32. The maximum absolute atomic E-state index is 12.0. The van der Waals surface area contributed by atoms with E-state index in [1.165, 1.54) is 0 Å². The highest BCUT2D eigenvalue weighted by Crippen LogP contribution is 2.27. The van der Waals surface area contributed by atoms with Crippen LogP contribution in [0.4, 0.5) is 0 Å². The summed E-state index contributed by atoms with van der Waals surface area (Å²) in [7, 11) is 0. The summed E-state index contributed by atoms with van der Waals surface area (Å²) in [5, 5.41) is 4.45.